The van der Waals surface area contributed by atoms with Crippen LogP contribution in [-0.2, 0) is 10.3 Å². The number of rotatable bonds is 3. The molecule has 9 nitrogen and oxygen atoms in total. The third kappa shape index (κ3) is 1.85. The van der Waals surface area contributed by atoms with E-state index in [2.05, 4.69) is 20.1 Å². The first kappa shape index (κ1) is 14.9. The molecular weight excluding hydrogens is 353 g/mol. The summed E-state index contributed by atoms with van der Waals surface area (Å²) in [6.45, 7) is 0. The maximum Gasteiger partial charge on any atom is 0.295 e. The van der Waals surface area contributed by atoms with Crippen LogP contribution in [0, 0.1) is 6.08 Å². The van der Waals surface area contributed by atoms with E-state index >= 15 is 0 Å². The Labute approximate surface area is 152 Å². The summed E-state index contributed by atoms with van der Waals surface area (Å²) in [6.07, 6.45) is 3.83. The normalized spacial score (nSPS) is 21.2. The summed E-state index contributed by atoms with van der Waals surface area (Å²) in [4.78, 5) is 12.9. The highest BCUT2D eigenvalue weighted by molar-refractivity contribution is 5.85. The van der Waals surface area contributed by atoms with Crippen LogP contribution in [0.25, 0.3) is 5.69 Å². The van der Waals surface area contributed by atoms with Gasteiger partial charge in [-0.15, -0.1) is 0 Å². The zero-order chi connectivity index (χ0) is 18.2. The van der Waals surface area contributed by atoms with Crippen LogP contribution in [0.5, 0.6) is 0 Å². The van der Waals surface area contributed by atoms with E-state index in [1.165, 1.54) is 10.8 Å². The molecule has 136 valence electrons. The first-order valence-electron chi connectivity index (χ1n) is 8.55. The summed E-state index contributed by atoms with van der Waals surface area (Å²) in [5.74, 6) is 1.29. The number of imidazole rings is 1. The van der Waals surface area contributed by atoms with Gasteiger partial charge < -0.3 is 9.26 Å². The van der Waals surface area contributed by atoms with Crippen molar-refractivity contribution in [1.82, 2.24) is 19.7 Å². The Hall–Kier alpha value is -3.27. The molecule has 1 aromatic carbocycles. The van der Waals surface area contributed by atoms with Gasteiger partial charge >= 0.3 is 0 Å². The van der Waals surface area contributed by atoms with Crippen molar-refractivity contribution in [2.24, 2.45) is 4.99 Å². The van der Waals surface area contributed by atoms with Crippen LogP contribution in [0.15, 0.2) is 40.0 Å². The molecule has 1 aliphatic carbocycles. The molecule has 0 N–H and O–H groups in total. The molecule has 1 unspecified atom stereocenters. The number of hydrogen-bond donors (Lipinski definition) is 0. The van der Waals surface area contributed by atoms with E-state index in [4.69, 9.17) is 9.26 Å². The van der Waals surface area contributed by atoms with Gasteiger partial charge in [0, 0.05) is 12.7 Å². The monoisotopic (exact) mass is 367 g/mol. The Morgan fingerprint density at radius 1 is 1.30 bits per heavy atom. The summed E-state index contributed by atoms with van der Waals surface area (Å²) in [7, 11) is 1.63. The SMILES string of the molecule is COC1(c2nc(N3C=NC4c5ccccc5-n5c(cnc5F)N43)no2)CC1. The van der Waals surface area contributed by atoms with Crippen molar-refractivity contribution < 1.29 is 13.7 Å². The van der Waals surface area contributed by atoms with Crippen molar-refractivity contribution in [2.75, 3.05) is 17.1 Å². The lowest BCUT2D eigenvalue weighted by atomic mass is 10.1. The van der Waals surface area contributed by atoms with Gasteiger partial charge in [-0.1, -0.05) is 18.2 Å². The van der Waals surface area contributed by atoms with Crippen molar-refractivity contribution in [3.63, 3.8) is 0 Å². The van der Waals surface area contributed by atoms with Crippen LogP contribution in [0.1, 0.15) is 30.5 Å². The van der Waals surface area contributed by atoms with Gasteiger partial charge in [-0.3, -0.25) is 4.57 Å². The number of aliphatic imine (C=N–C) groups is 1. The largest absolute Gasteiger partial charge is 0.368 e. The summed E-state index contributed by atoms with van der Waals surface area (Å²) in [6, 6.07) is 7.53. The van der Waals surface area contributed by atoms with Crippen molar-refractivity contribution >= 4 is 18.1 Å². The summed E-state index contributed by atoms with van der Waals surface area (Å²) < 4.78 is 26.8. The second-order valence-electron chi connectivity index (χ2n) is 6.70. The molecule has 1 saturated carbocycles. The Morgan fingerprint density at radius 3 is 2.96 bits per heavy atom. The second kappa shape index (κ2) is 4.92. The van der Waals surface area contributed by atoms with Crippen LogP contribution in [-0.4, -0.2) is 33.1 Å². The Balaban J connectivity index is 1.46. The van der Waals surface area contributed by atoms with E-state index in [1.54, 1.807) is 23.5 Å². The number of anilines is 2. The molecule has 0 bridgehead atoms. The van der Waals surface area contributed by atoms with E-state index in [0.29, 0.717) is 23.3 Å². The molecule has 1 fully saturated rings. The van der Waals surface area contributed by atoms with Crippen LogP contribution in [0.3, 0.4) is 0 Å². The van der Waals surface area contributed by atoms with Gasteiger partial charge in [0.1, 0.15) is 11.9 Å². The molecule has 0 spiro atoms. The minimum atomic E-state index is -0.590. The topological polar surface area (TPSA) is 84.8 Å². The highest BCUT2D eigenvalue weighted by atomic mass is 19.1. The first-order chi connectivity index (χ1) is 13.2. The molecule has 10 heteroatoms. The standard InChI is InChI=1S/C17H14FN7O2/c1-26-17(6-7-17)14-21-16(22-27-14)23-9-20-13-10-4-2-3-5-11(10)24-12(25(13)23)8-19-15(24)18/h2-5,8-9,13H,6-7H2,1H3. The number of hydrogen-bond acceptors (Lipinski definition) is 8. The average molecular weight is 367 g/mol. The molecule has 2 aromatic heterocycles. The average Bonchev–Trinajstić information content (AvgIpc) is 3.03. The fourth-order valence-corrected chi connectivity index (χ4v) is 3.69. The molecule has 4 heterocycles. The van der Waals surface area contributed by atoms with Gasteiger partial charge in [0.05, 0.1) is 11.9 Å². The molecule has 3 aliphatic rings. The smallest absolute Gasteiger partial charge is 0.295 e. The number of hydrazine groups is 1. The van der Waals surface area contributed by atoms with Gasteiger partial charge in [0.15, 0.2) is 12.0 Å². The molecule has 2 aliphatic heterocycles. The van der Waals surface area contributed by atoms with Crippen molar-refractivity contribution in [2.45, 2.75) is 24.6 Å². The maximum atomic E-state index is 14.4. The van der Waals surface area contributed by atoms with Gasteiger partial charge in [-0.25, -0.2) is 20.0 Å². The third-order valence-corrected chi connectivity index (χ3v) is 5.28. The fourth-order valence-electron chi connectivity index (χ4n) is 3.69. The number of aromatic nitrogens is 4. The highest BCUT2D eigenvalue weighted by Gasteiger charge is 2.51. The fraction of sp³-hybridized carbons (Fsp3) is 0.294. The van der Waals surface area contributed by atoms with E-state index in [-0.39, 0.29) is 6.17 Å². The maximum absolute atomic E-state index is 14.4. The number of methoxy groups -OCH3 is 1. The summed E-state index contributed by atoms with van der Waals surface area (Å²) in [5.41, 5.74) is 1.09. The Morgan fingerprint density at radius 2 is 2.15 bits per heavy atom. The summed E-state index contributed by atoms with van der Waals surface area (Å²) in [5, 5.41) is 7.52. The zero-order valence-corrected chi connectivity index (χ0v) is 14.3. The van der Waals surface area contributed by atoms with E-state index in [9.17, 15) is 4.39 Å². The minimum Gasteiger partial charge on any atom is -0.368 e. The lowest BCUT2D eigenvalue weighted by molar-refractivity contribution is 0.0492. The molecule has 0 amide bonds. The number of halogens is 1. The number of para-hydroxylation sites is 1. The third-order valence-electron chi connectivity index (χ3n) is 5.28. The van der Waals surface area contributed by atoms with Crippen molar-refractivity contribution in [1.29, 1.82) is 0 Å². The lowest BCUT2D eigenvalue weighted by Crippen LogP contribution is -2.43. The highest BCUT2D eigenvalue weighted by Crippen LogP contribution is 2.49. The quantitative estimate of drug-likeness (QED) is 0.702. The van der Waals surface area contributed by atoms with Crippen LogP contribution < -0.4 is 10.0 Å². The summed E-state index contributed by atoms with van der Waals surface area (Å²) >= 11 is 0. The molecule has 6 rings (SSSR count). The number of benzene rings is 1. The van der Waals surface area contributed by atoms with E-state index in [1.807, 2.05) is 24.3 Å². The number of ether oxygens (including phenoxy) is 1. The number of nitrogens with zero attached hydrogens (tertiary/aromatic N) is 7. The van der Waals surface area contributed by atoms with Crippen LogP contribution in [0.4, 0.5) is 16.2 Å². The Bertz CT molecular complexity index is 1090. The van der Waals surface area contributed by atoms with Gasteiger partial charge in [-0.05, 0) is 24.1 Å². The van der Waals surface area contributed by atoms with Crippen LogP contribution >= 0.6 is 0 Å². The van der Waals surface area contributed by atoms with Gasteiger partial charge in [0.2, 0.25) is 0 Å². The number of fused-ring (bicyclic) bond motifs is 6. The minimum absolute atomic E-state index is 0.312. The first-order valence-corrected chi connectivity index (χ1v) is 8.55. The molecule has 1 atom stereocenters. The Kier molecular flexibility index (Phi) is 2.70. The van der Waals surface area contributed by atoms with Crippen LogP contribution in [0.2, 0.25) is 0 Å². The molecule has 0 radical (unpaired) electrons. The molecule has 0 saturated heterocycles. The predicted molar refractivity (Wildman–Crippen MR) is 91.9 cm³/mol. The van der Waals surface area contributed by atoms with Gasteiger partial charge in [0.25, 0.3) is 17.9 Å². The molecule has 27 heavy (non-hydrogen) atoms. The van der Waals surface area contributed by atoms with E-state index in [0.717, 1.165) is 18.4 Å². The predicted octanol–water partition coefficient (Wildman–Crippen LogP) is 2.31. The molecular formula is C17H14FN7O2. The van der Waals surface area contributed by atoms with Crippen molar-refractivity contribution in [3.05, 3.63) is 48.0 Å². The van der Waals surface area contributed by atoms with E-state index < -0.39 is 11.7 Å². The lowest BCUT2D eigenvalue weighted by Gasteiger charge is -2.35. The second-order valence-corrected chi connectivity index (χ2v) is 6.70. The zero-order valence-electron chi connectivity index (χ0n) is 14.3. The molecule has 3 aromatic rings. The van der Waals surface area contributed by atoms with Gasteiger partial charge in [-0.2, -0.15) is 9.37 Å². The van der Waals surface area contributed by atoms with Crippen molar-refractivity contribution in [3.8, 4) is 5.69 Å².